The Kier molecular flexibility index (Phi) is 4.94. The molecule has 26 heavy (non-hydrogen) atoms. The Morgan fingerprint density at radius 3 is 2.73 bits per heavy atom. The highest BCUT2D eigenvalue weighted by atomic mass is 16.2. The number of carbonyl (C=O) groups excluding carboxylic acids is 2. The molecule has 0 aliphatic carbocycles. The number of benzene rings is 2. The molecule has 2 N–H and O–H groups in total. The van der Waals surface area contributed by atoms with Gasteiger partial charge in [0.1, 0.15) is 11.6 Å². The summed E-state index contributed by atoms with van der Waals surface area (Å²) < 4.78 is 1.45. The molecule has 130 valence electrons. The highest BCUT2D eigenvalue weighted by Crippen LogP contribution is 2.15. The molecule has 0 saturated carbocycles. The van der Waals surface area contributed by atoms with Crippen molar-refractivity contribution in [2.45, 2.75) is 6.42 Å². The van der Waals surface area contributed by atoms with Gasteiger partial charge in [-0.3, -0.25) is 14.3 Å². The van der Waals surface area contributed by atoms with Gasteiger partial charge < -0.3 is 10.6 Å². The highest BCUT2D eigenvalue weighted by molar-refractivity contribution is 5.99. The minimum absolute atomic E-state index is 0.0841. The van der Waals surface area contributed by atoms with E-state index in [0.717, 1.165) is 10.8 Å². The van der Waals surface area contributed by atoms with Gasteiger partial charge in [-0.15, -0.1) is 0 Å². The van der Waals surface area contributed by atoms with Crippen LogP contribution in [-0.2, 0) is 11.8 Å². The van der Waals surface area contributed by atoms with Crippen LogP contribution in [-0.4, -0.2) is 28.1 Å². The zero-order chi connectivity index (χ0) is 18.5. The van der Waals surface area contributed by atoms with Gasteiger partial charge in [0.15, 0.2) is 5.82 Å². The molecule has 0 spiro atoms. The lowest BCUT2D eigenvalue weighted by molar-refractivity contribution is -0.116. The van der Waals surface area contributed by atoms with Gasteiger partial charge in [0, 0.05) is 31.8 Å². The monoisotopic (exact) mass is 347 g/mol. The maximum absolute atomic E-state index is 12.2. The van der Waals surface area contributed by atoms with Crippen LogP contribution in [0.25, 0.3) is 10.8 Å². The molecule has 0 bridgehead atoms. The standard InChI is InChI=1S/C19H17N5O2/c1-24-12-16(11-20)18(23-24)22-17(25)8-9-21-19(26)15-7-6-13-4-2-3-5-14(13)10-15/h2-7,10,12H,8-9H2,1H3,(H,21,26)(H,22,23,25). The lowest BCUT2D eigenvalue weighted by Gasteiger charge is -2.07. The van der Waals surface area contributed by atoms with E-state index in [-0.39, 0.29) is 30.6 Å². The van der Waals surface area contributed by atoms with Crippen molar-refractivity contribution in [3.8, 4) is 6.07 Å². The highest BCUT2D eigenvalue weighted by Gasteiger charge is 2.12. The number of anilines is 1. The summed E-state index contributed by atoms with van der Waals surface area (Å²) in [5.74, 6) is -0.334. The van der Waals surface area contributed by atoms with E-state index in [1.807, 2.05) is 42.5 Å². The average Bonchev–Trinajstić information content (AvgIpc) is 3.00. The Labute approximate surface area is 150 Å². The fraction of sp³-hybridized carbons (Fsp3) is 0.158. The van der Waals surface area contributed by atoms with Crippen LogP contribution < -0.4 is 10.6 Å². The molecule has 0 fully saturated rings. The average molecular weight is 347 g/mol. The van der Waals surface area contributed by atoms with Crippen LogP contribution in [0, 0.1) is 11.3 Å². The lowest BCUT2D eigenvalue weighted by Crippen LogP contribution is -2.27. The van der Waals surface area contributed by atoms with Crippen LogP contribution in [0.15, 0.2) is 48.7 Å². The van der Waals surface area contributed by atoms with E-state index in [1.165, 1.54) is 10.9 Å². The van der Waals surface area contributed by atoms with Gasteiger partial charge in [-0.05, 0) is 22.9 Å². The smallest absolute Gasteiger partial charge is 0.251 e. The van der Waals surface area contributed by atoms with E-state index in [1.54, 1.807) is 13.1 Å². The van der Waals surface area contributed by atoms with E-state index in [9.17, 15) is 9.59 Å². The van der Waals surface area contributed by atoms with E-state index in [4.69, 9.17) is 5.26 Å². The van der Waals surface area contributed by atoms with Gasteiger partial charge in [0.25, 0.3) is 5.91 Å². The zero-order valence-corrected chi connectivity index (χ0v) is 14.2. The molecule has 1 heterocycles. The van der Waals surface area contributed by atoms with Crippen molar-refractivity contribution in [3.05, 3.63) is 59.8 Å². The largest absolute Gasteiger partial charge is 0.352 e. The molecule has 7 heteroatoms. The number of rotatable bonds is 5. The number of aromatic nitrogens is 2. The van der Waals surface area contributed by atoms with Crippen molar-refractivity contribution in [1.82, 2.24) is 15.1 Å². The van der Waals surface area contributed by atoms with Gasteiger partial charge in [-0.2, -0.15) is 10.4 Å². The number of carbonyl (C=O) groups is 2. The van der Waals surface area contributed by atoms with Crippen molar-refractivity contribution in [3.63, 3.8) is 0 Å². The van der Waals surface area contributed by atoms with Crippen molar-refractivity contribution >= 4 is 28.4 Å². The van der Waals surface area contributed by atoms with E-state index >= 15 is 0 Å². The topological polar surface area (TPSA) is 99.8 Å². The number of hydrogen-bond acceptors (Lipinski definition) is 4. The predicted octanol–water partition coefficient (Wildman–Crippen LogP) is 2.20. The van der Waals surface area contributed by atoms with Crippen LogP contribution in [0.2, 0.25) is 0 Å². The van der Waals surface area contributed by atoms with Crippen molar-refractivity contribution in [2.24, 2.45) is 7.05 Å². The van der Waals surface area contributed by atoms with Gasteiger partial charge in [-0.1, -0.05) is 30.3 Å². The summed E-state index contributed by atoms with van der Waals surface area (Å²) in [6.07, 6.45) is 1.61. The number of aryl methyl sites for hydroxylation is 1. The number of fused-ring (bicyclic) bond motifs is 1. The summed E-state index contributed by atoms with van der Waals surface area (Å²) in [6.45, 7) is 0.187. The molecule has 7 nitrogen and oxygen atoms in total. The third-order valence-electron chi connectivity index (χ3n) is 3.86. The Bertz CT molecular complexity index is 1020. The number of hydrogen-bond donors (Lipinski definition) is 2. The Morgan fingerprint density at radius 1 is 1.19 bits per heavy atom. The molecule has 3 aromatic rings. The second-order valence-electron chi connectivity index (χ2n) is 5.79. The summed E-state index contributed by atoms with van der Waals surface area (Å²) in [5.41, 5.74) is 0.835. The second-order valence-corrected chi connectivity index (χ2v) is 5.79. The van der Waals surface area contributed by atoms with Gasteiger partial charge in [-0.25, -0.2) is 0 Å². The molecule has 1 aromatic heterocycles. The summed E-state index contributed by atoms with van der Waals surface area (Å²) in [4.78, 5) is 24.2. The summed E-state index contributed by atoms with van der Waals surface area (Å²) in [6, 6.07) is 15.2. The fourth-order valence-corrected chi connectivity index (χ4v) is 2.58. The van der Waals surface area contributed by atoms with Crippen molar-refractivity contribution in [2.75, 3.05) is 11.9 Å². The minimum Gasteiger partial charge on any atom is -0.352 e. The maximum Gasteiger partial charge on any atom is 0.251 e. The zero-order valence-electron chi connectivity index (χ0n) is 14.2. The molecule has 3 rings (SSSR count). The van der Waals surface area contributed by atoms with Gasteiger partial charge in [0.05, 0.1) is 0 Å². The third kappa shape index (κ3) is 3.87. The maximum atomic E-state index is 12.2. The van der Waals surface area contributed by atoms with Crippen LogP contribution >= 0.6 is 0 Å². The second kappa shape index (κ2) is 7.49. The van der Waals surface area contributed by atoms with Crippen LogP contribution in [0.5, 0.6) is 0 Å². The number of nitrogens with one attached hydrogen (secondary N) is 2. The SMILES string of the molecule is Cn1cc(C#N)c(NC(=O)CCNC(=O)c2ccc3ccccc3c2)n1. The summed E-state index contributed by atoms with van der Waals surface area (Å²) >= 11 is 0. The molecule has 0 saturated heterocycles. The number of amides is 2. The van der Waals surface area contributed by atoms with E-state index < -0.39 is 0 Å². The normalized spacial score (nSPS) is 10.3. The first kappa shape index (κ1) is 17.2. The number of nitrogens with zero attached hydrogens (tertiary/aromatic N) is 3. The quantitative estimate of drug-likeness (QED) is 0.739. The van der Waals surface area contributed by atoms with E-state index in [0.29, 0.717) is 11.1 Å². The molecule has 0 aliphatic rings. The molecule has 0 unspecified atom stereocenters. The lowest BCUT2D eigenvalue weighted by atomic mass is 10.1. The molecule has 0 atom stereocenters. The molecule has 0 radical (unpaired) electrons. The first-order valence-corrected chi connectivity index (χ1v) is 8.07. The van der Waals surface area contributed by atoms with Crippen LogP contribution in [0.4, 0.5) is 5.82 Å². The molecule has 0 aliphatic heterocycles. The third-order valence-corrected chi connectivity index (χ3v) is 3.86. The Balaban J connectivity index is 1.54. The van der Waals surface area contributed by atoms with Crippen molar-refractivity contribution < 1.29 is 9.59 Å². The predicted molar refractivity (Wildman–Crippen MR) is 97.5 cm³/mol. The van der Waals surface area contributed by atoms with Crippen LogP contribution in [0.1, 0.15) is 22.3 Å². The summed E-state index contributed by atoms with van der Waals surface area (Å²) in [5, 5.41) is 20.3. The Hall–Kier alpha value is -3.66. The first-order valence-electron chi connectivity index (χ1n) is 8.07. The summed E-state index contributed by atoms with van der Waals surface area (Å²) in [7, 11) is 1.67. The van der Waals surface area contributed by atoms with Gasteiger partial charge in [0.2, 0.25) is 5.91 Å². The molecular weight excluding hydrogens is 330 g/mol. The molecule has 2 aromatic carbocycles. The molecular formula is C19H17N5O2. The molecule has 2 amide bonds. The minimum atomic E-state index is -0.320. The van der Waals surface area contributed by atoms with E-state index in [2.05, 4.69) is 15.7 Å². The van der Waals surface area contributed by atoms with Gasteiger partial charge >= 0.3 is 0 Å². The number of nitriles is 1. The fourth-order valence-electron chi connectivity index (χ4n) is 2.58. The Morgan fingerprint density at radius 2 is 1.96 bits per heavy atom. The van der Waals surface area contributed by atoms with Crippen molar-refractivity contribution in [1.29, 1.82) is 5.26 Å². The van der Waals surface area contributed by atoms with Crippen LogP contribution in [0.3, 0.4) is 0 Å². The first-order chi connectivity index (χ1) is 12.6.